The van der Waals surface area contributed by atoms with E-state index < -0.39 is 0 Å². The lowest BCUT2D eigenvalue weighted by Crippen LogP contribution is -2.31. The molecule has 0 aliphatic carbocycles. The van der Waals surface area contributed by atoms with Gasteiger partial charge in [-0.1, -0.05) is 6.92 Å². The first-order chi connectivity index (χ1) is 6.46. The summed E-state index contributed by atoms with van der Waals surface area (Å²) in [7, 11) is 3.33. The Balaban J connectivity index is 3.88. The summed E-state index contributed by atoms with van der Waals surface area (Å²) in [6.07, 6.45) is 1.95. The average molecular weight is 204 g/mol. The van der Waals surface area contributed by atoms with Crippen molar-refractivity contribution in [2.24, 2.45) is 0 Å². The van der Waals surface area contributed by atoms with Crippen LogP contribution in [0.5, 0.6) is 0 Å². The van der Waals surface area contributed by atoms with E-state index in [4.69, 9.17) is 9.47 Å². The Kier molecular flexibility index (Phi) is 6.33. The van der Waals surface area contributed by atoms with Gasteiger partial charge < -0.3 is 14.6 Å². The minimum atomic E-state index is -0.389. The molecule has 3 nitrogen and oxygen atoms in total. The van der Waals surface area contributed by atoms with Crippen molar-refractivity contribution in [3.63, 3.8) is 0 Å². The zero-order chi connectivity index (χ0) is 11.2. The quantitative estimate of drug-likeness (QED) is 0.689. The predicted octanol–water partition coefficient (Wildman–Crippen LogP) is 1.98. The second-order valence-corrected chi connectivity index (χ2v) is 4.25. The zero-order valence-corrected chi connectivity index (χ0v) is 10.0. The molecule has 2 unspecified atom stereocenters. The molecular formula is C11H24O3. The number of hydrogen-bond donors (Lipinski definition) is 1. The van der Waals surface area contributed by atoms with Gasteiger partial charge in [0.2, 0.25) is 0 Å². The minimum absolute atomic E-state index is 0.0531. The van der Waals surface area contributed by atoms with Gasteiger partial charge >= 0.3 is 0 Å². The van der Waals surface area contributed by atoms with Crippen molar-refractivity contribution < 1.29 is 14.6 Å². The zero-order valence-electron chi connectivity index (χ0n) is 10.0. The number of rotatable bonds is 7. The molecule has 0 spiro atoms. The lowest BCUT2D eigenvalue weighted by Gasteiger charge is -2.26. The van der Waals surface area contributed by atoms with Crippen LogP contribution in [-0.4, -0.2) is 37.1 Å². The maximum absolute atomic E-state index is 9.79. The third-order valence-electron chi connectivity index (χ3n) is 2.73. The average Bonchev–Trinajstić information content (AvgIpc) is 2.17. The summed E-state index contributed by atoms with van der Waals surface area (Å²) in [6.45, 7) is 6.06. The lowest BCUT2D eigenvalue weighted by atomic mass is 9.97. The first-order valence-electron chi connectivity index (χ1n) is 5.23. The fourth-order valence-electron chi connectivity index (χ4n) is 1.38. The molecule has 86 valence electrons. The molecular weight excluding hydrogens is 180 g/mol. The molecule has 1 N–H and O–H groups in total. The Morgan fingerprint density at radius 2 is 1.86 bits per heavy atom. The Morgan fingerprint density at radius 1 is 1.29 bits per heavy atom. The van der Waals surface area contributed by atoms with Crippen LogP contribution in [0.4, 0.5) is 0 Å². The number of ether oxygens (including phenoxy) is 2. The van der Waals surface area contributed by atoms with Gasteiger partial charge in [-0.05, 0) is 33.1 Å². The SMILES string of the molecule is CCC(OC)C(O)CCC(C)(C)OC. The maximum Gasteiger partial charge on any atom is 0.0827 e. The topological polar surface area (TPSA) is 38.7 Å². The Hall–Kier alpha value is -0.120. The summed E-state index contributed by atoms with van der Waals surface area (Å²) in [4.78, 5) is 0. The fourth-order valence-corrected chi connectivity index (χ4v) is 1.38. The normalized spacial score (nSPS) is 16.7. The van der Waals surface area contributed by atoms with Crippen molar-refractivity contribution in [1.82, 2.24) is 0 Å². The molecule has 0 aliphatic rings. The molecule has 0 rings (SSSR count). The van der Waals surface area contributed by atoms with E-state index in [1.54, 1.807) is 14.2 Å². The minimum Gasteiger partial charge on any atom is -0.390 e. The van der Waals surface area contributed by atoms with Crippen molar-refractivity contribution >= 4 is 0 Å². The van der Waals surface area contributed by atoms with Crippen molar-refractivity contribution in [3.05, 3.63) is 0 Å². The molecule has 3 heteroatoms. The van der Waals surface area contributed by atoms with Crippen LogP contribution in [0.3, 0.4) is 0 Å². The number of aliphatic hydroxyl groups excluding tert-OH is 1. The molecule has 0 heterocycles. The summed E-state index contributed by atoms with van der Waals surface area (Å²) in [5, 5.41) is 9.79. The summed E-state index contributed by atoms with van der Waals surface area (Å²) >= 11 is 0. The van der Waals surface area contributed by atoms with E-state index in [0.717, 1.165) is 12.8 Å². The molecule has 0 radical (unpaired) electrons. The van der Waals surface area contributed by atoms with Crippen LogP contribution < -0.4 is 0 Å². The summed E-state index contributed by atoms with van der Waals surface area (Å²) in [6, 6.07) is 0. The number of hydrogen-bond acceptors (Lipinski definition) is 3. The van der Waals surface area contributed by atoms with E-state index in [1.165, 1.54) is 0 Å². The van der Waals surface area contributed by atoms with Crippen LogP contribution in [0.25, 0.3) is 0 Å². The van der Waals surface area contributed by atoms with Gasteiger partial charge in [0.25, 0.3) is 0 Å². The molecule has 0 aromatic heterocycles. The van der Waals surface area contributed by atoms with Gasteiger partial charge in [0, 0.05) is 14.2 Å². The molecule has 0 aliphatic heterocycles. The molecule has 0 bridgehead atoms. The monoisotopic (exact) mass is 204 g/mol. The van der Waals surface area contributed by atoms with Crippen LogP contribution in [0.15, 0.2) is 0 Å². The van der Waals surface area contributed by atoms with E-state index in [0.29, 0.717) is 6.42 Å². The van der Waals surface area contributed by atoms with E-state index in [-0.39, 0.29) is 17.8 Å². The smallest absolute Gasteiger partial charge is 0.0827 e. The van der Waals surface area contributed by atoms with Crippen molar-refractivity contribution in [3.8, 4) is 0 Å². The summed E-state index contributed by atoms with van der Waals surface area (Å²) in [5.41, 5.74) is -0.160. The van der Waals surface area contributed by atoms with Crippen molar-refractivity contribution in [1.29, 1.82) is 0 Å². The van der Waals surface area contributed by atoms with Crippen LogP contribution >= 0.6 is 0 Å². The van der Waals surface area contributed by atoms with Gasteiger partial charge in [-0.25, -0.2) is 0 Å². The third kappa shape index (κ3) is 4.94. The molecule has 0 amide bonds. The fraction of sp³-hybridized carbons (Fsp3) is 1.00. The highest BCUT2D eigenvalue weighted by Gasteiger charge is 2.22. The highest BCUT2D eigenvalue weighted by molar-refractivity contribution is 4.74. The van der Waals surface area contributed by atoms with Crippen LogP contribution in [0, 0.1) is 0 Å². The van der Waals surface area contributed by atoms with Gasteiger partial charge in [0.05, 0.1) is 17.8 Å². The van der Waals surface area contributed by atoms with E-state index >= 15 is 0 Å². The maximum atomic E-state index is 9.79. The first-order valence-corrected chi connectivity index (χ1v) is 5.23. The van der Waals surface area contributed by atoms with E-state index in [1.807, 2.05) is 20.8 Å². The van der Waals surface area contributed by atoms with Gasteiger partial charge in [-0.3, -0.25) is 0 Å². The number of methoxy groups -OCH3 is 2. The highest BCUT2D eigenvalue weighted by atomic mass is 16.5. The van der Waals surface area contributed by atoms with Gasteiger partial charge in [-0.15, -0.1) is 0 Å². The van der Waals surface area contributed by atoms with Crippen LogP contribution in [-0.2, 0) is 9.47 Å². The summed E-state index contributed by atoms with van der Waals surface area (Å²) in [5.74, 6) is 0. The molecule has 0 aromatic rings. The van der Waals surface area contributed by atoms with Crippen molar-refractivity contribution in [2.75, 3.05) is 14.2 Å². The van der Waals surface area contributed by atoms with Gasteiger partial charge in [-0.2, -0.15) is 0 Å². The first kappa shape index (κ1) is 13.9. The van der Waals surface area contributed by atoms with E-state index in [2.05, 4.69) is 0 Å². The molecule has 0 saturated carbocycles. The van der Waals surface area contributed by atoms with Gasteiger partial charge in [0.15, 0.2) is 0 Å². The summed E-state index contributed by atoms with van der Waals surface area (Å²) < 4.78 is 10.5. The largest absolute Gasteiger partial charge is 0.390 e. The number of aliphatic hydroxyl groups is 1. The Labute approximate surface area is 87.4 Å². The molecule has 2 atom stereocenters. The van der Waals surface area contributed by atoms with E-state index in [9.17, 15) is 5.11 Å². The highest BCUT2D eigenvalue weighted by Crippen LogP contribution is 2.19. The van der Waals surface area contributed by atoms with Crippen LogP contribution in [0.2, 0.25) is 0 Å². The second kappa shape index (κ2) is 6.38. The Bertz CT molecular complexity index is 141. The van der Waals surface area contributed by atoms with Gasteiger partial charge in [0.1, 0.15) is 0 Å². The molecule has 14 heavy (non-hydrogen) atoms. The van der Waals surface area contributed by atoms with Crippen molar-refractivity contribution in [2.45, 2.75) is 57.8 Å². The molecule has 0 saturated heterocycles. The lowest BCUT2D eigenvalue weighted by molar-refractivity contribution is -0.0397. The molecule has 0 fully saturated rings. The predicted molar refractivity (Wildman–Crippen MR) is 57.4 cm³/mol. The molecule has 0 aromatic carbocycles. The standard InChI is InChI=1S/C11H24O3/c1-6-10(13-4)9(12)7-8-11(2,3)14-5/h9-10,12H,6-8H2,1-5H3. The van der Waals surface area contributed by atoms with Crippen LogP contribution in [0.1, 0.15) is 40.0 Å². The second-order valence-electron chi connectivity index (χ2n) is 4.25. The Morgan fingerprint density at radius 3 is 2.21 bits per heavy atom. The third-order valence-corrected chi connectivity index (χ3v) is 2.73.